The predicted molar refractivity (Wildman–Crippen MR) is 77.4 cm³/mol. The van der Waals surface area contributed by atoms with Gasteiger partial charge in [-0.2, -0.15) is 11.3 Å². The molecule has 0 aliphatic rings. The molecule has 0 spiro atoms. The monoisotopic (exact) mass is 279 g/mol. The van der Waals surface area contributed by atoms with Crippen LogP contribution in [-0.4, -0.2) is 13.7 Å². The third-order valence-corrected chi connectivity index (χ3v) is 3.69. The first kappa shape index (κ1) is 14.0. The van der Waals surface area contributed by atoms with E-state index in [9.17, 15) is 4.39 Å². The molecule has 0 fully saturated rings. The van der Waals surface area contributed by atoms with E-state index in [2.05, 4.69) is 23.7 Å². The van der Waals surface area contributed by atoms with Crippen LogP contribution >= 0.6 is 11.3 Å². The summed E-state index contributed by atoms with van der Waals surface area (Å²) in [6.45, 7) is 3.01. The molecule has 1 atom stereocenters. The van der Waals surface area contributed by atoms with Crippen LogP contribution in [0.3, 0.4) is 0 Å². The van der Waals surface area contributed by atoms with E-state index in [1.54, 1.807) is 23.5 Å². The molecule has 0 saturated carbocycles. The highest BCUT2D eigenvalue weighted by Crippen LogP contribution is 2.27. The van der Waals surface area contributed by atoms with Crippen LogP contribution in [0.1, 0.15) is 30.5 Å². The Bertz CT molecular complexity index is 513. The molecule has 2 aromatic rings. The van der Waals surface area contributed by atoms with Crippen molar-refractivity contribution in [2.45, 2.75) is 19.4 Å². The first-order valence-corrected chi connectivity index (χ1v) is 7.29. The SMILES string of the molecule is CCCNC(c1ccsc1)c1ccc(OC)c(F)c1. The largest absolute Gasteiger partial charge is 0.494 e. The predicted octanol–water partition coefficient (Wildman–Crippen LogP) is 3.98. The highest BCUT2D eigenvalue weighted by molar-refractivity contribution is 7.08. The van der Waals surface area contributed by atoms with E-state index in [4.69, 9.17) is 4.74 Å². The Morgan fingerprint density at radius 2 is 2.16 bits per heavy atom. The molecule has 1 aromatic carbocycles. The van der Waals surface area contributed by atoms with Gasteiger partial charge in [0.2, 0.25) is 0 Å². The van der Waals surface area contributed by atoms with Crippen LogP contribution in [0.5, 0.6) is 5.75 Å². The summed E-state index contributed by atoms with van der Waals surface area (Å²) in [4.78, 5) is 0. The van der Waals surface area contributed by atoms with Crippen molar-refractivity contribution in [2.24, 2.45) is 0 Å². The highest BCUT2D eigenvalue weighted by atomic mass is 32.1. The smallest absolute Gasteiger partial charge is 0.165 e. The van der Waals surface area contributed by atoms with Crippen molar-refractivity contribution in [1.82, 2.24) is 5.32 Å². The molecule has 0 aliphatic heterocycles. The van der Waals surface area contributed by atoms with Gasteiger partial charge in [-0.15, -0.1) is 0 Å². The van der Waals surface area contributed by atoms with Crippen LogP contribution in [0.25, 0.3) is 0 Å². The summed E-state index contributed by atoms with van der Waals surface area (Å²) in [6, 6.07) is 7.24. The van der Waals surface area contributed by atoms with Gasteiger partial charge in [-0.05, 0) is 53.1 Å². The molecule has 102 valence electrons. The molecule has 2 nitrogen and oxygen atoms in total. The summed E-state index contributed by atoms with van der Waals surface area (Å²) in [5.41, 5.74) is 2.09. The molecule has 1 heterocycles. The molecule has 0 radical (unpaired) electrons. The van der Waals surface area contributed by atoms with Crippen molar-refractivity contribution in [3.63, 3.8) is 0 Å². The van der Waals surface area contributed by atoms with Crippen molar-refractivity contribution in [3.05, 3.63) is 52.0 Å². The van der Waals surface area contributed by atoms with E-state index in [0.29, 0.717) is 0 Å². The molecule has 19 heavy (non-hydrogen) atoms. The number of methoxy groups -OCH3 is 1. The van der Waals surface area contributed by atoms with Crippen LogP contribution in [0.15, 0.2) is 35.0 Å². The number of benzene rings is 1. The molecule has 0 bridgehead atoms. The van der Waals surface area contributed by atoms with Gasteiger partial charge in [0.1, 0.15) is 0 Å². The zero-order chi connectivity index (χ0) is 13.7. The Balaban J connectivity index is 2.30. The number of ether oxygens (including phenoxy) is 1. The zero-order valence-corrected chi connectivity index (χ0v) is 12.0. The molecule has 1 N–H and O–H groups in total. The summed E-state index contributed by atoms with van der Waals surface area (Å²) < 4.78 is 18.8. The number of halogens is 1. The fourth-order valence-corrected chi connectivity index (χ4v) is 2.70. The van der Waals surface area contributed by atoms with E-state index in [1.165, 1.54) is 12.7 Å². The van der Waals surface area contributed by atoms with E-state index in [1.807, 2.05) is 11.4 Å². The topological polar surface area (TPSA) is 21.3 Å². The lowest BCUT2D eigenvalue weighted by Gasteiger charge is -2.18. The molecule has 1 unspecified atom stereocenters. The lowest BCUT2D eigenvalue weighted by molar-refractivity contribution is 0.385. The van der Waals surface area contributed by atoms with Gasteiger partial charge in [0.05, 0.1) is 13.2 Å². The minimum atomic E-state index is -0.321. The number of rotatable bonds is 6. The van der Waals surface area contributed by atoms with Gasteiger partial charge in [-0.25, -0.2) is 4.39 Å². The molecule has 0 saturated heterocycles. The summed E-state index contributed by atoms with van der Waals surface area (Å²) in [5, 5.41) is 7.58. The summed E-state index contributed by atoms with van der Waals surface area (Å²) >= 11 is 1.65. The first-order chi connectivity index (χ1) is 9.26. The minimum Gasteiger partial charge on any atom is -0.494 e. The highest BCUT2D eigenvalue weighted by Gasteiger charge is 2.15. The van der Waals surface area contributed by atoms with Gasteiger partial charge in [-0.1, -0.05) is 13.0 Å². The molecule has 4 heteroatoms. The summed E-state index contributed by atoms with van der Waals surface area (Å²) in [7, 11) is 1.48. The zero-order valence-electron chi connectivity index (χ0n) is 11.2. The van der Waals surface area contributed by atoms with E-state index in [-0.39, 0.29) is 17.6 Å². The van der Waals surface area contributed by atoms with Crippen molar-refractivity contribution in [2.75, 3.05) is 13.7 Å². The number of thiophene rings is 1. The van der Waals surface area contributed by atoms with E-state index < -0.39 is 0 Å². The third-order valence-electron chi connectivity index (χ3n) is 2.98. The van der Waals surface area contributed by atoms with Gasteiger partial charge in [0.25, 0.3) is 0 Å². The normalized spacial score (nSPS) is 12.4. The second-order valence-electron chi connectivity index (χ2n) is 4.34. The summed E-state index contributed by atoms with van der Waals surface area (Å²) in [6.07, 6.45) is 1.04. The maximum atomic E-state index is 13.8. The molecular formula is C15H18FNOS. The Kier molecular flexibility index (Phi) is 4.93. The molecule has 1 aromatic heterocycles. The minimum absolute atomic E-state index is 0.0339. The van der Waals surface area contributed by atoms with Gasteiger partial charge in [0, 0.05) is 0 Å². The first-order valence-electron chi connectivity index (χ1n) is 6.35. The second-order valence-corrected chi connectivity index (χ2v) is 5.12. The van der Waals surface area contributed by atoms with Crippen molar-refractivity contribution in [1.29, 1.82) is 0 Å². The van der Waals surface area contributed by atoms with Crippen molar-refractivity contribution >= 4 is 11.3 Å². The lowest BCUT2D eigenvalue weighted by atomic mass is 10.0. The lowest BCUT2D eigenvalue weighted by Crippen LogP contribution is -2.22. The maximum Gasteiger partial charge on any atom is 0.165 e. The Morgan fingerprint density at radius 3 is 2.74 bits per heavy atom. The summed E-state index contributed by atoms with van der Waals surface area (Å²) in [5.74, 6) is -0.0400. The van der Waals surface area contributed by atoms with Gasteiger partial charge in [0.15, 0.2) is 11.6 Å². The molecule has 2 rings (SSSR count). The quantitative estimate of drug-likeness (QED) is 0.863. The van der Waals surface area contributed by atoms with E-state index >= 15 is 0 Å². The molecular weight excluding hydrogens is 261 g/mol. The average molecular weight is 279 g/mol. The maximum absolute atomic E-state index is 13.8. The third kappa shape index (κ3) is 3.33. The Labute approximate surface area is 117 Å². The van der Waals surface area contributed by atoms with Crippen LogP contribution in [0.4, 0.5) is 4.39 Å². The van der Waals surface area contributed by atoms with Crippen molar-refractivity contribution < 1.29 is 9.13 Å². The van der Waals surface area contributed by atoms with Crippen LogP contribution in [0.2, 0.25) is 0 Å². The fourth-order valence-electron chi connectivity index (χ4n) is 2.02. The van der Waals surface area contributed by atoms with Gasteiger partial charge < -0.3 is 10.1 Å². The second kappa shape index (κ2) is 6.68. The average Bonchev–Trinajstić information content (AvgIpc) is 2.93. The fraction of sp³-hybridized carbons (Fsp3) is 0.333. The van der Waals surface area contributed by atoms with Crippen LogP contribution < -0.4 is 10.1 Å². The number of hydrogen-bond donors (Lipinski definition) is 1. The molecule has 0 amide bonds. The molecule has 0 aliphatic carbocycles. The Hall–Kier alpha value is -1.39. The van der Waals surface area contributed by atoms with Gasteiger partial charge >= 0.3 is 0 Å². The van der Waals surface area contributed by atoms with Gasteiger partial charge in [-0.3, -0.25) is 0 Å². The number of hydrogen-bond acceptors (Lipinski definition) is 3. The van der Waals surface area contributed by atoms with Crippen LogP contribution in [-0.2, 0) is 0 Å². The standard InChI is InChI=1S/C15H18FNOS/c1-3-7-17-15(12-6-8-19-10-12)11-4-5-14(18-2)13(16)9-11/h4-6,8-10,15,17H,3,7H2,1-2H3. The van der Waals surface area contributed by atoms with Crippen molar-refractivity contribution in [3.8, 4) is 5.75 Å². The van der Waals surface area contributed by atoms with E-state index in [0.717, 1.165) is 18.5 Å². The Morgan fingerprint density at radius 1 is 1.32 bits per heavy atom. The number of nitrogens with one attached hydrogen (secondary N) is 1. The van der Waals surface area contributed by atoms with Crippen LogP contribution in [0, 0.1) is 5.82 Å².